The van der Waals surface area contributed by atoms with Crippen LogP contribution in [0.25, 0.3) is 11.1 Å². The summed E-state index contributed by atoms with van der Waals surface area (Å²) in [6.45, 7) is 2.21. The van der Waals surface area contributed by atoms with Crippen molar-refractivity contribution >= 4 is 10.1 Å². The van der Waals surface area contributed by atoms with Crippen LogP contribution in [0.5, 0.6) is 0 Å². The first-order valence-corrected chi connectivity index (χ1v) is 9.11. The van der Waals surface area contributed by atoms with Crippen LogP contribution in [-0.2, 0) is 16.5 Å². The number of aryl methyl sites for hydroxylation is 1. The van der Waals surface area contributed by atoms with Crippen molar-refractivity contribution in [1.29, 1.82) is 0 Å². The molecule has 0 saturated heterocycles. The molecule has 0 spiro atoms. The largest absolute Gasteiger partial charge is 0.294 e. The minimum absolute atomic E-state index is 0.0798. The van der Waals surface area contributed by atoms with Crippen LogP contribution in [-0.4, -0.2) is 13.0 Å². The molecule has 4 heteroatoms. The minimum atomic E-state index is -4.12. The van der Waals surface area contributed by atoms with Gasteiger partial charge in [0, 0.05) is 0 Å². The van der Waals surface area contributed by atoms with E-state index in [9.17, 15) is 8.42 Å². The highest BCUT2D eigenvalue weighted by molar-refractivity contribution is 7.85. The molecule has 118 valence electrons. The van der Waals surface area contributed by atoms with Gasteiger partial charge in [-0.05, 0) is 41.7 Å². The first-order valence-electron chi connectivity index (χ1n) is 7.67. The number of rotatable bonds is 7. The highest BCUT2D eigenvalue weighted by Crippen LogP contribution is 2.22. The molecule has 0 aliphatic rings. The van der Waals surface area contributed by atoms with Crippen molar-refractivity contribution in [3.63, 3.8) is 0 Å². The normalized spacial score (nSPS) is 11.5. The highest BCUT2D eigenvalue weighted by atomic mass is 32.2. The second-order valence-electron chi connectivity index (χ2n) is 5.51. The molecule has 2 rings (SSSR count). The molecule has 1 N–H and O–H groups in total. The van der Waals surface area contributed by atoms with E-state index in [2.05, 4.69) is 31.2 Å². The van der Waals surface area contributed by atoms with Crippen molar-refractivity contribution < 1.29 is 13.0 Å². The van der Waals surface area contributed by atoms with Crippen LogP contribution in [0.4, 0.5) is 0 Å². The summed E-state index contributed by atoms with van der Waals surface area (Å²) >= 11 is 0. The third-order valence-corrected chi connectivity index (χ3v) is 4.63. The zero-order chi connectivity index (χ0) is 16.0. The lowest BCUT2D eigenvalue weighted by molar-refractivity contribution is 0.483. The van der Waals surface area contributed by atoms with Crippen molar-refractivity contribution in [1.82, 2.24) is 0 Å². The predicted octanol–water partition coefficient (Wildman–Crippen LogP) is 4.72. The zero-order valence-corrected chi connectivity index (χ0v) is 13.6. The summed E-state index contributed by atoms with van der Waals surface area (Å²) in [5.74, 6) is 0. The summed E-state index contributed by atoms with van der Waals surface area (Å²) in [5, 5.41) is 0. The third-order valence-electron chi connectivity index (χ3n) is 3.76. The Morgan fingerprint density at radius 3 is 1.86 bits per heavy atom. The van der Waals surface area contributed by atoms with Gasteiger partial charge in [0.2, 0.25) is 0 Å². The second kappa shape index (κ2) is 7.56. The van der Waals surface area contributed by atoms with Crippen LogP contribution in [0.2, 0.25) is 0 Å². The maximum absolute atomic E-state index is 11.0. The number of unbranched alkanes of at least 4 members (excludes halogenated alkanes) is 3. The van der Waals surface area contributed by atoms with Crippen LogP contribution in [0.15, 0.2) is 53.4 Å². The summed E-state index contributed by atoms with van der Waals surface area (Å²) in [7, 11) is -4.12. The molecule has 0 heterocycles. The molecule has 0 atom stereocenters. The molecule has 0 amide bonds. The number of hydrogen-bond acceptors (Lipinski definition) is 2. The first kappa shape index (κ1) is 16.7. The van der Waals surface area contributed by atoms with E-state index in [0.717, 1.165) is 17.5 Å². The van der Waals surface area contributed by atoms with E-state index < -0.39 is 10.1 Å². The van der Waals surface area contributed by atoms with Crippen molar-refractivity contribution in [3.8, 4) is 11.1 Å². The minimum Gasteiger partial charge on any atom is -0.282 e. The van der Waals surface area contributed by atoms with Gasteiger partial charge >= 0.3 is 0 Å². The van der Waals surface area contributed by atoms with Gasteiger partial charge in [-0.25, -0.2) is 0 Å². The van der Waals surface area contributed by atoms with Crippen LogP contribution in [0.3, 0.4) is 0 Å². The van der Waals surface area contributed by atoms with E-state index in [4.69, 9.17) is 4.55 Å². The zero-order valence-electron chi connectivity index (χ0n) is 12.8. The highest BCUT2D eigenvalue weighted by Gasteiger charge is 2.08. The Morgan fingerprint density at radius 2 is 1.36 bits per heavy atom. The molecule has 22 heavy (non-hydrogen) atoms. The average molecular weight is 318 g/mol. The van der Waals surface area contributed by atoms with Crippen molar-refractivity contribution in [3.05, 3.63) is 54.1 Å². The van der Waals surface area contributed by atoms with Gasteiger partial charge in [-0.15, -0.1) is 0 Å². The Bertz CT molecular complexity index is 686. The van der Waals surface area contributed by atoms with E-state index in [1.54, 1.807) is 12.1 Å². The van der Waals surface area contributed by atoms with Gasteiger partial charge in [0.15, 0.2) is 0 Å². The lowest BCUT2D eigenvalue weighted by Gasteiger charge is -2.05. The van der Waals surface area contributed by atoms with Crippen LogP contribution < -0.4 is 0 Å². The molecule has 2 aromatic rings. The van der Waals surface area contributed by atoms with Gasteiger partial charge in [0.25, 0.3) is 10.1 Å². The molecular formula is C18H22O3S. The van der Waals surface area contributed by atoms with Gasteiger partial charge in [-0.2, -0.15) is 8.42 Å². The topological polar surface area (TPSA) is 54.4 Å². The van der Waals surface area contributed by atoms with E-state index in [1.165, 1.54) is 43.4 Å². The van der Waals surface area contributed by atoms with Gasteiger partial charge in [-0.1, -0.05) is 62.6 Å². The van der Waals surface area contributed by atoms with Crippen LogP contribution in [0.1, 0.15) is 38.2 Å². The lowest BCUT2D eigenvalue weighted by atomic mass is 10.0. The molecule has 0 bridgehead atoms. The molecule has 0 aliphatic heterocycles. The Labute approximate surface area is 132 Å². The fourth-order valence-electron chi connectivity index (χ4n) is 2.44. The maximum Gasteiger partial charge on any atom is 0.294 e. The summed E-state index contributed by atoms with van der Waals surface area (Å²) in [4.78, 5) is -0.0798. The Morgan fingerprint density at radius 1 is 0.818 bits per heavy atom. The van der Waals surface area contributed by atoms with Crippen LogP contribution in [0, 0.1) is 0 Å². The molecule has 0 saturated carbocycles. The molecule has 0 unspecified atom stereocenters. The van der Waals surface area contributed by atoms with Gasteiger partial charge < -0.3 is 0 Å². The molecule has 0 radical (unpaired) electrons. The summed E-state index contributed by atoms with van der Waals surface area (Å²) < 4.78 is 31.0. The standard InChI is InChI=1S/C18H22O3S/c1-2-3-4-5-6-15-7-9-16(10-8-15)17-11-13-18(14-12-17)22(19,20)21/h7-14H,2-6H2,1H3,(H,19,20,21). The first-order chi connectivity index (χ1) is 10.5. The lowest BCUT2D eigenvalue weighted by Crippen LogP contribution is -1.97. The molecule has 0 fully saturated rings. The summed E-state index contributed by atoms with van der Waals surface area (Å²) in [5.41, 5.74) is 3.30. The molecule has 0 aliphatic carbocycles. The molecule has 0 aromatic heterocycles. The van der Waals surface area contributed by atoms with E-state index in [-0.39, 0.29) is 4.90 Å². The smallest absolute Gasteiger partial charge is 0.282 e. The van der Waals surface area contributed by atoms with Crippen molar-refractivity contribution in [2.75, 3.05) is 0 Å². The van der Waals surface area contributed by atoms with E-state index in [0.29, 0.717) is 0 Å². The van der Waals surface area contributed by atoms with Crippen molar-refractivity contribution in [2.45, 2.75) is 43.9 Å². The summed E-state index contributed by atoms with van der Waals surface area (Å²) in [6, 6.07) is 14.6. The average Bonchev–Trinajstić information content (AvgIpc) is 2.51. The predicted molar refractivity (Wildman–Crippen MR) is 89.5 cm³/mol. The Balaban J connectivity index is 2.04. The maximum atomic E-state index is 11.0. The van der Waals surface area contributed by atoms with Gasteiger partial charge in [0.1, 0.15) is 0 Å². The molecular weight excluding hydrogens is 296 g/mol. The van der Waals surface area contributed by atoms with Gasteiger partial charge in [0.05, 0.1) is 4.90 Å². The second-order valence-corrected chi connectivity index (χ2v) is 6.93. The number of hydrogen-bond donors (Lipinski definition) is 1. The molecule has 2 aromatic carbocycles. The third kappa shape index (κ3) is 4.68. The fraction of sp³-hybridized carbons (Fsp3) is 0.333. The fourth-order valence-corrected chi connectivity index (χ4v) is 2.92. The SMILES string of the molecule is CCCCCCc1ccc(-c2ccc(S(=O)(=O)O)cc2)cc1. The summed E-state index contributed by atoms with van der Waals surface area (Å²) in [6.07, 6.45) is 6.13. The van der Waals surface area contributed by atoms with E-state index >= 15 is 0 Å². The van der Waals surface area contributed by atoms with Gasteiger partial charge in [-0.3, -0.25) is 4.55 Å². The van der Waals surface area contributed by atoms with Crippen molar-refractivity contribution in [2.24, 2.45) is 0 Å². The Kier molecular flexibility index (Phi) is 5.75. The monoisotopic (exact) mass is 318 g/mol. The molecule has 3 nitrogen and oxygen atoms in total. The quantitative estimate of drug-likeness (QED) is 0.593. The Hall–Kier alpha value is -1.65. The van der Waals surface area contributed by atoms with Crippen LogP contribution >= 0.6 is 0 Å². The van der Waals surface area contributed by atoms with E-state index in [1.807, 2.05) is 0 Å². The number of benzene rings is 2.